The minimum absolute atomic E-state index is 0.183. The highest BCUT2D eigenvalue weighted by Gasteiger charge is 2.07. The van der Waals surface area contributed by atoms with E-state index in [1.54, 1.807) is 18.2 Å². The molecule has 2 aromatic rings. The van der Waals surface area contributed by atoms with Gasteiger partial charge in [0.1, 0.15) is 24.0 Å². The summed E-state index contributed by atoms with van der Waals surface area (Å²) in [6.07, 6.45) is 0. The van der Waals surface area contributed by atoms with Gasteiger partial charge in [-0.2, -0.15) is 0 Å². The molecule has 18 heavy (non-hydrogen) atoms. The average molecular weight is 313 g/mol. The van der Waals surface area contributed by atoms with E-state index in [9.17, 15) is 8.78 Å². The molecule has 0 amide bonds. The Hall–Kier alpha value is -1.42. The predicted molar refractivity (Wildman–Crippen MR) is 69.6 cm³/mol. The van der Waals surface area contributed by atoms with E-state index in [4.69, 9.17) is 4.74 Å². The van der Waals surface area contributed by atoms with Gasteiger partial charge in [0.25, 0.3) is 0 Å². The zero-order valence-electron chi connectivity index (χ0n) is 9.71. The predicted octanol–water partition coefficient (Wildman–Crippen LogP) is 4.61. The van der Waals surface area contributed by atoms with Crippen LogP contribution >= 0.6 is 15.9 Å². The molecule has 0 aliphatic rings. The first-order chi connectivity index (χ1) is 8.58. The van der Waals surface area contributed by atoms with Crippen LogP contribution < -0.4 is 4.74 Å². The van der Waals surface area contributed by atoms with Crippen molar-refractivity contribution in [3.63, 3.8) is 0 Å². The molecule has 2 rings (SSSR count). The van der Waals surface area contributed by atoms with Crippen molar-refractivity contribution in [2.24, 2.45) is 0 Å². The third-order valence-corrected chi connectivity index (χ3v) is 3.45. The van der Waals surface area contributed by atoms with Crippen molar-refractivity contribution in [3.8, 4) is 5.75 Å². The van der Waals surface area contributed by atoms with Gasteiger partial charge in [-0.1, -0.05) is 18.2 Å². The summed E-state index contributed by atoms with van der Waals surface area (Å²) in [5.74, 6) is -0.230. The maximum Gasteiger partial charge on any atom is 0.137 e. The lowest BCUT2D eigenvalue weighted by Crippen LogP contribution is -1.99. The molecular formula is C14H11BrF2O. The highest BCUT2D eigenvalue weighted by Crippen LogP contribution is 2.24. The van der Waals surface area contributed by atoms with E-state index >= 15 is 0 Å². The maximum atomic E-state index is 13.3. The molecule has 0 aliphatic heterocycles. The molecule has 94 valence electrons. The molecular weight excluding hydrogens is 302 g/mol. The van der Waals surface area contributed by atoms with Crippen LogP contribution in [0.25, 0.3) is 0 Å². The number of rotatable bonds is 3. The normalized spacial score (nSPS) is 10.4. The first kappa shape index (κ1) is 13.0. The van der Waals surface area contributed by atoms with Gasteiger partial charge >= 0.3 is 0 Å². The third kappa shape index (κ3) is 2.88. The molecule has 0 unspecified atom stereocenters. The van der Waals surface area contributed by atoms with Crippen LogP contribution in [-0.2, 0) is 6.61 Å². The number of ether oxygens (including phenoxy) is 1. The number of benzene rings is 2. The van der Waals surface area contributed by atoms with Crippen molar-refractivity contribution in [2.75, 3.05) is 0 Å². The van der Waals surface area contributed by atoms with Crippen LogP contribution in [0.1, 0.15) is 11.1 Å². The number of halogens is 3. The Morgan fingerprint density at radius 2 is 1.94 bits per heavy atom. The van der Waals surface area contributed by atoms with Gasteiger partial charge in [0.2, 0.25) is 0 Å². The third-order valence-electron chi connectivity index (χ3n) is 2.56. The minimum atomic E-state index is -0.353. The minimum Gasteiger partial charge on any atom is -0.488 e. The zero-order chi connectivity index (χ0) is 13.1. The second kappa shape index (κ2) is 5.48. The van der Waals surface area contributed by atoms with E-state index < -0.39 is 0 Å². The highest BCUT2D eigenvalue weighted by molar-refractivity contribution is 9.10. The van der Waals surface area contributed by atoms with Gasteiger partial charge in [0.05, 0.1) is 4.47 Å². The Morgan fingerprint density at radius 1 is 1.17 bits per heavy atom. The number of hydrogen-bond acceptors (Lipinski definition) is 1. The highest BCUT2D eigenvalue weighted by atomic mass is 79.9. The topological polar surface area (TPSA) is 9.23 Å². The second-order valence-electron chi connectivity index (χ2n) is 3.91. The van der Waals surface area contributed by atoms with Crippen molar-refractivity contribution >= 4 is 15.9 Å². The number of hydrogen-bond donors (Lipinski definition) is 0. The van der Waals surface area contributed by atoms with Crippen LogP contribution in [0.2, 0.25) is 0 Å². The summed E-state index contributed by atoms with van der Waals surface area (Å²) in [7, 11) is 0. The molecule has 0 saturated carbocycles. The Labute approximate surface area is 113 Å². The van der Waals surface area contributed by atoms with Crippen LogP contribution in [0.4, 0.5) is 8.78 Å². The molecule has 1 nitrogen and oxygen atoms in total. The quantitative estimate of drug-likeness (QED) is 0.804. The summed E-state index contributed by atoms with van der Waals surface area (Å²) in [6, 6.07) is 9.06. The molecule has 0 N–H and O–H groups in total. The van der Waals surface area contributed by atoms with E-state index in [1.165, 1.54) is 18.2 Å². The van der Waals surface area contributed by atoms with E-state index in [-0.39, 0.29) is 18.2 Å². The Morgan fingerprint density at radius 3 is 2.72 bits per heavy atom. The fraction of sp³-hybridized carbons (Fsp3) is 0.143. The molecule has 0 aromatic heterocycles. The fourth-order valence-corrected chi connectivity index (χ4v) is 1.92. The Balaban J connectivity index is 2.16. The van der Waals surface area contributed by atoms with Gasteiger partial charge in [-0.05, 0) is 40.5 Å². The van der Waals surface area contributed by atoms with Crippen molar-refractivity contribution in [3.05, 3.63) is 63.6 Å². The van der Waals surface area contributed by atoms with Crippen LogP contribution in [0.3, 0.4) is 0 Å². The first-order valence-corrected chi connectivity index (χ1v) is 6.19. The van der Waals surface area contributed by atoms with Crippen LogP contribution in [0, 0.1) is 18.6 Å². The lowest BCUT2D eigenvalue weighted by atomic mass is 10.2. The van der Waals surface area contributed by atoms with Gasteiger partial charge < -0.3 is 4.74 Å². The molecule has 0 spiro atoms. The van der Waals surface area contributed by atoms with Gasteiger partial charge in [0, 0.05) is 11.6 Å². The molecule has 4 heteroatoms. The van der Waals surface area contributed by atoms with Gasteiger partial charge in [0.15, 0.2) is 0 Å². The molecule has 2 aromatic carbocycles. The smallest absolute Gasteiger partial charge is 0.137 e. The van der Waals surface area contributed by atoms with E-state index in [0.717, 1.165) is 5.56 Å². The van der Waals surface area contributed by atoms with Crippen molar-refractivity contribution in [1.29, 1.82) is 0 Å². The van der Waals surface area contributed by atoms with Crippen molar-refractivity contribution in [2.45, 2.75) is 13.5 Å². The molecule has 0 radical (unpaired) electrons. The SMILES string of the molecule is Cc1ccc(F)cc1OCc1cccc(F)c1Br. The summed E-state index contributed by atoms with van der Waals surface area (Å²) in [5.41, 5.74) is 1.52. The maximum absolute atomic E-state index is 13.3. The average Bonchev–Trinajstić information content (AvgIpc) is 2.35. The zero-order valence-corrected chi connectivity index (χ0v) is 11.3. The monoisotopic (exact) mass is 312 g/mol. The molecule has 0 aliphatic carbocycles. The second-order valence-corrected chi connectivity index (χ2v) is 4.70. The van der Waals surface area contributed by atoms with Crippen LogP contribution in [0.15, 0.2) is 40.9 Å². The Kier molecular flexibility index (Phi) is 3.97. The fourth-order valence-electron chi connectivity index (χ4n) is 1.54. The molecule has 0 atom stereocenters. The molecule has 0 saturated heterocycles. The van der Waals surface area contributed by atoms with Crippen molar-refractivity contribution in [1.82, 2.24) is 0 Å². The van der Waals surface area contributed by atoms with Crippen LogP contribution in [-0.4, -0.2) is 0 Å². The van der Waals surface area contributed by atoms with Crippen LogP contribution in [0.5, 0.6) is 5.75 Å². The Bertz CT molecular complexity index is 568. The van der Waals surface area contributed by atoms with Crippen molar-refractivity contribution < 1.29 is 13.5 Å². The summed E-state index contributed by atoms with van der Waals surface area (Å²) in [4.78, 5) is 0. The first-order valence-electron chi connectivity index (χ1n) is 5.40. The lowest BCUT2D eigenvalue weighted by Gasteiger charge is -2.10. The van der Waals surface area contributed by atoms with E-state index in [2.05, 4.69) is 15.9 Å². The van der Waals surface area contributed by atoms with Gasteiger partial charge in [-0.15, -0.1) is 0 Å². The van der Waals surface area contributed by atoms with E-state index in [1.807, 2.05) is 6.92 Å². The summed E-state index contributed by atoms with van der Waals surface area (Å²) < 4.78 is 32.2. The van der Waals surface area contributed by atoms with E-state index in [0.29, 0.717) is 15.8 Å². The largest absolute Gasteiger partial charge is 0.488 e. The summed E-state index contributed by atoms with van der Waals surface area (Å²) in [6.45, 7) is 2.01. The standard InChI is InChI=1S/C14H11BrF2O/c1-9-5-6-11(16)7-13(9)18-8-10-3-2-4-12(17)14(10)15/h2-7H,8H2,1H3. The van der Waals surface area contributed by atoms with Gasteiger partial charge in [-0.3, -0.25) is 0 Å². The molecule has 0 heterocycles. The molecule has 0 fully saturated rings. The molecule has 0 bridgehead atoms. The lowest BCUT2D eigenvalue weighted by molar-refractivity contribution is 0.301. The summed E-state index contributed by atoms with van der Waals surface area (Å²) >= 11 is 3.16. The number of aryl methyl sites for hydroxylation is 1. The van der Waals surface area contributed by atoms with Gasteiger partial charge in [-0.25, -0.2) is 8.78 Å². The summed E-state index contributed by atoms with van der Waals surface area (Å²) in [5, 5.41) is 0.